The monoisotopic (exact) mass is 289 g/mol. The lowest BCUT2D eigenvalue weighted by Crippen LogP contribution is -2.70. The minimum absolute atomic E-state index is 0.0939. The standard InChI is InChI=1S/C13H23NO4S/c1-11(2,3)18-10(16)14-6-12(7-14,8-15)13(17)4-5-19-9-13/h15,17H,4-9H2,1-3H3. The van der Waals surface area contributed by atoms with Crippen molar-refractivity contribution in [2.24, 2.45) is 5.41 Å². The molecule has 1 amide bonds. The van der Waals surface area contributed by atoms with Gasteiger partial charge in [-0.3, -0.25) is 0 Å². The van der Waals surface area contributed by atoms with Crippen LogP contribution < -0.4 is 0 Å². The number of nitrogens with zero attached hydrogens (tertiary/aromatic N) is 1. The maximum atomic E-state index is 11.9. The van der Waals surface area contributed by atoms with Gasteiger partial charge in [-0.2, -0.15) is 11.8 Å². The van der Waals surface area contributed by atoms with Crippen LogP contribution in [0.1, 0.15) is 27.2 Å². The van der Waals surface area contributed by atoms with Gasteiger partial charge in [0.25, 0.3) is 0 Å². The normalized spacial score (nSPS) is 30.1. The molecule has 2 N–H and O–H groups in total. The first kappa shape index (κ1) is 14.9. The molecular weight excluding hydrogens is 266 g/mol. The fraction of sp³-hybridized carbons (Fsp3) is 0.923. The lowest BCUT2D eigenvalue weighted by atomic mass is 9.66. The summed E-state index contributed by atoms with van der Waals surface area (Å²) in [5.41, 5.74) is -1.95. The van der Waals surface area contributed by atoms with Crippen molar-refractivity contribution in [3.05, 3.63) is 0 Å². The van der Waals surface area contributed by atoms with Crippen molar-refractivity contribution in [3.8, 4) is 0 Å². The Morgan fingerprint density at radius 1 is 1.42 bits per heavy atom. The van der Waals surface area contributed by atoms with E-state index in [0.717, 1.165) is 5.75 Å². The molecule has 0 aromatic heterocycles. The van der Waals surface area contributed by atoms with E-state index in [0.29, 0.717) is 25.3 Å². The Morgan fingerprint density at radius 3 is 2.47 bits per heavy atom. The first-order valence-electron chi connectivity index (χ1n) is 6.60. The first-order chi connectivity index (χ1) is 8.71. The molecule has 110 valence electrons. The minimum Gasteiger partial charge on any atom is -0.444 e. The van der Waals surface area contributed by atoms with Crippen molar-refractivity contribution in [2.45, 2.75) is 38.4 Å². The number of aliphatic hydroxyl groups is 2. The summed E-state index contributed by atoms with van der Waals surface area (Å²) in [6.07, 6.45) is 0.311. The highest BCUT2D eigenvalue weighted by molar-refractivity contribution is 7.99. The van der Waals surface area contributed by atoms with Crippen molar-refractivity contribution < 1.29 is 19.7 Å². The molecule has 0 aromatic rings. The zero-order valence-electron chi connectivity index (χ0n) is 11.8. The fourth-order valence-electron chi connectivity index (χ4n) is 2.65. The van der Waals surface area contributed by atoms with Crippen LogP contribution in [0.25, 0.3) is 0 Å². The third-order valence-electron chi connectivity index (χ3n) is 3.93. The van der Waals surface area contributed by atoms with Gasteiger partial charge in [-0.05, 0) is 32.9 Å². The van der Waals surface area contributed by atoms with E-state index in [-0.39, 0.29) is 12.7 Å². The van der Waals surface area contributed by atoms with E-state index >= 15 is 0 Å². The third-order valence-corrected chi connectivity index (χ3v) is 5.10. The summed E-state index contributed by atoms with van der Waals surface area (Å²) in [7, 11) is 0. The van der Waals surface area contributed by atoms with Crippen molar-refractivity contribution >= 4 is 17.9 Å². The molecule has 6 heteroatoms. The molecule has 0 radical (unpaired) electrons. The predicted octanol–water partition coefficient (Wildman–Crippen LogP) is 1.08. The maximum Gasteiger partial charge on any atom is 0.410 e. The molecule has 2 aliphatic rings. The number of carbonyl (C=O) groups excluding carboxylic acids is 1. The summed E-state index contributed by atoms with van der Waals surface area (Å²) in [6, 6.07) is 0. The topological polar surface area (TPSA) is 70.0 Å². The Bertz CT molecular complexity index is 354. The van der Waals surface area contributed by atoms with E-state index in [1.807, 2.05) is 20.8 Å². The van der Waals surface area contributed by atoms with Crippen LogP contribution >= 0.6 is 11.8 Å². The number of amides is 1. The summed E-state index contributed by atoms with van der Waals surface area (Å²) >= 11 is 1.70. The second kappa shape index (κ2) is 4.82. The van der Waals surface area contributed by atoms with Crippen LogP contribution in [0, 0.1) is 5.41 Å². The number of aliphatic hydroxyl groups excluding tert-OH is 1. The van der Waals surface area contributed by atoms with Gasteiger partial charge in [0.2, 0.25) is 0 Å². The number of ether oxygens (including phenoxy) is 1. The number of likely N-dealkylation sites (tertiary alicyclic amines) is 1. The number of carbonyl (C=O) groups is 1. The van der Waals surface area contributed by atoms with Gasteiger partial charge >= 0.3 is 6.09 Å². The van der Waals surface area contributed by atoms with E-state index in [1.54, 1.807) is 16.7 Å². The molecule has 0 spiro atoms. The van der Waals surface area contributed by atoms with Crippen molar-refractivity contribution in [2.75, 3.05) is 31.2 Å². The Labute approximate surface area is 118 Å². The van der Waals surface area contributed by atoms with Crippen LogP contribution in [0.3, 0.4) is 0 Å². The van der Waals surface area contributed by atoms with Crippen LogP contribution in [-0.4, -0.2) is 63.6 Å². The van der Waals surface area contributed by atoms with E-state index in [4.69, 9.17) is 4.74 Å². The minimum atomic E-state index is -0.856. The highest BCUT2D eigenvalue weighted by Crippen LogP contribution is 2.47. The van der Waals surface area contributed by atoms with Gasteiger partial charge in [0.15, 0.2) is 0 Å². The summed E-state index contributed by atoms with van der Waals surface area (Å²) < 4.78 is 5.29. The summed E-state index contributed by atoms with van der Waals surface area (Å²) in [5, 5.41) is 20.3. The van der Waals surface area contributed by atoms with Gasteiger partial charge in [-0.1, -0.05) is 0 Å². The first-order valence-corrected chi connectivity index (χ1v) is 7.76. The SMILES string of the molecule is CC(C)(C)OC(=O)N1CC(CO)(C2(O)CCSC2)C1. The summed E-state index contributed by atoms with van der Waals surface area (Å²) in [5.74, 6) is 1.54. The predicted molar refractivity (Wildman–Crippen MR) is 74.2 cm³/mol. The number of rotatable bonds is 2. The van der Waals surface area contributed by atoms with Crippen molar-refractivity contribution in [1.29, 1.82) is 0 Å². The molecule has 1 unspecified atom stereocenters. The molecule has 5 nitrogen and oxygen atoms in total. The summed E-state index contributed by atoms with van der Waals surface area (Å²) in [6.45, 7) is 6.12. The number of hydrogen-bond donors (Lipinski definition) is 2. The van der Waals surface area contributed by atoms with Gasteiger partial charge in [-0.15, -0.1) is 0 Å². The number of thioether (sulfide) groups is 1. The van der Waals surface area contributed by atoms with E-state index in [2.05, 4.69) is 0 Å². The van der Waals surface area contributed by atoms with Gasteiger partial charge in [0.05, 0.1) is 17.6 Å². The molecule has 2 heterocycles. The smallest absolute Gasteiger partial charge is 0.410 e. The molecule has 0 saturated carbocycles. The zero-order chi connectivity index (χ0) is 14.3. The maximum absolute atomic E-state index is 11.9. The molecule has 2 rings (SSSR count). The van der Waals surface area contributed by atoms with E-state index in [1.165, 1.54) is 0 Å². The van der Waals surface area contributed by atoms with E-state index in [9.17, 15) is 15.0 Å². The Balaban J connectivity index is 1.98. The quantitative estimate of drug-likeness (QED) is 0.796. The molecule has 0 bridgehead atoms. The van der Waals surface area contributed by atoms with Gasteiger partial charge < -0.3 is 19.8 Å². The van der Waals surface area contributed by atoms with Crippen LogP contribution in [0.5, 0.6) is 0 Å². The largest absolute Gasteiger partial charge is 0.444 e. The average molecular weight is 289 g/mol. The van der Waals surface area contributed by atoms with Crippen molar-refractivity contribution in [1.82, 2.24) is 4.90 Å². The Hall–Kier alpha value is -0.460. The van der Waals surface area contributed by atoms with Gasteiger partial charge in [0, 0.05) is 18.8 Å². The van der Waals surface area contributed by atoms with Gasteiger partial charge in [-0.25, -0.2) is 4.79 Å². The molecule has 2 aliphatic heterocycles. The highest BCUT2D eigenvalue weighted by atomic mass is 32.2. The van der Waals surface area contributed by atoms with Crippen LogP contribution in [-0.2, 0) is 4.74 Å². The van der Waals surface area contributed by atoms with Crippen LogP contribution in [0.15, 0.2) is 0 Å². The molecule has 2 saturated heterocycles. The Kier molecular flexibility index (Phi) is 3.79. The highest BCUT2D eigenvalue weighted by Gasteiger charge is 2.59. The summed E-state index contributed by atoms with van der Waals surface area (Å²) in [4.78, 5) is 13.5. The number of hydrogen-bond acceptors (Lipinski definition) is 5. The third kappa shape index (κ3) is 2.71. The molecule has 0 aromatic carbocycles. The average Bonchev–Trinajstić information content (AvgIpc) is 2.62. The lowest BCUT2D eigenvalue weighted by molar-refractivity contribution is -0.164. The fourth-order valence-corrected chi connectivity index (χ4v) is 4.07. The Morgan fingerprint density at radius 2 is 2.05 bits per heavy atom. The lowest BCUT2D eigenvalue weighted by Gasteiger charge is -2.55. The van der Waals surface area contributed by atoms with Crippen molar-refractivity contribution in [3.63, 3.8) is 0 Å². The molecule has 1 atom stereocenters. The van der Waals surface area contributed by atoms with Crippen LogP contribution in [0.2, 0.25) is 0 Å². The second-order valence-electron chi connectivity index (χ2n) is 6.61. The van der Waals surface area contributed by atoms with E-state index < -0.39 is 16.6 Å². The van der Waals surface area contributed by atoms with Gasteiger partial charge in [0.1, 0.15) is 5.60 Å². The molecule has 2 fully saturated rings. The second-order valence-corrected chi connectivity index (χ2v) is 7.71. The zero-order valence-corrected chi connectivity index (χ0v) is 12.6. The molecular formula is C13H23NO4S. The van der Waals surface area contributed by atoms with Crippen LogP contribution in [0.4, 0.5) is 4.79 Å². The molecule has 19 heavy (non-hydrogen) atoms. The molecule has 0 aliphatic carbocycles.